The van der Waals surface area contributed by atoms with Gasteiger partial charge in [0.05, 0.1) is 13.2 Å². The average Bonchev–Trinajstić information content (AvgIpc) is 2.80. The van der Waals surface area contributed by atoms with Gasteiger partial charge in [-0.15, -0.1) is 0 Å². The summed E-state index contributed by atoms with van der Waals surface area (Å²) in [6.45, 7) is 10.1. The summed E-state index contributed by atoms with van der Waals surface area (Å²) in [4.78, 5) is 12.1. The Morgan fingerprint density at radius 2 is 1.24 bits per heavy atom. The highest BCUT2D eigenvalue weighted by atomic mass is 16.5. The molecule has 0 radical (unpaired) electrons. The van der Waals surface area contributed by atoms with Crippen molar-refractivity contribution < 1.29 is 19.7 Å². The Labute approximate surface area is 205 Å². The topological polar surface area (TPSA) is 70.0 Å². The predicted molar refractivity (Wildman–Crippen MR) is 140 cm³/mol. The fraction of sp³-hybridized carbons (Fsp3) is 0.964. The van der Waals surface area contributed by atoms with E-state index in [9.17, 15) is 4.79 Å². The number of aliphatic carboxylic acids is 1. The van der Waals surface area contributed by atoms with Crippen molar-refractivity contribution in [2.75, 3.05) is 26.3 Å². The standard InChI is InChI=1S/C25H51NO.C3H6O3/c1-3-5-6-7-8-9-10-11-12-13-14-15-16-17-18-19-20-25-24-27-23-22-26(25)21-4-2;1-2(4)3(5)6/h25H,3-24H2,1-2H3;2,4H,1H3,(H,5,6). The van der Waals surface area contributed by atoms with Crippen LogP contribution >= 0.6 is 0 Å². The van der Waals surface area contributed by atoms with E-state index in [4.69, 9.17) is 14.9 Å². The SMILES string of the molecule is CC(O)C(=O)O.CCCCCCCCCCCCCCCCCCC1COCCN1CCC. The largest absolute Gasteiger partial charge is 0.479 e. The van der Waals surface area contributed by atoms with Gasteiger partial charge in [-0.05, 0) is 26.3 Å². The van der Waals surface area contributed by atoms with E-state index in [2.05, 4.69) is 18.7 Å². The maximum atomic E-state index is 9.45. The van der Waals surface area contributed by atoms with E-state index in [0.717, 1.165) is 19.8 Å². The fourth-order valence-corrected chi connectivity index (χ4v) is 4.46. The monoisotopic (exact) mass is 471 g/mol. The lowest BCUT2D eigenvalue weighted by molar-refractivity contribution is -0.145. The van der Waals surface area contributed by atoms with E-state index in [1.165, 1.54) is 129 Å². The summed E-state index contributed by atoms with van der Waals surface area (Å²) in [6, 6.07) is 0.699. The molecule has 0 aromatic heterocycles. The molecule has 1 aliphatic rings. The summed E-state index contributed by atoms with van der Waals surface area (Å²) >= 11 is 0. The summed E-state index contributed by atoms with van der Waals surface area (Å²) in [6.07, 6.45) is 24.6. The normalized spacial score (nSPS) is 17.4. The number of carboxylic acids is 1. The van der Waals surface area contributed by atoms with Crippen molar-refractivity contribution in [3.05, 3.63) is 0 Å². The van der Waals surface area contributed by atoms with Crippen molar-refractivity contribution >= 4 is 5.97 Å². The minimum Gasteiger partial charge on any atom is -0.479 e. The van der Waals surface area contributed by atoms with Gasteiger partial charge in [-0.1, -0.05) is 117 Å². The van der Waals surface area contributed by atoms with E-state index < -0.39 is 12.1 Å². The maximum absolute atomic E-state index is 9.45. The number of aliphatic hydroxyl groups is 1. The van der Waals surface area contributed by atoms with Gasteiger partial charge in [-0.25, -0.2) is 4.79 Å². The Morgan fingerprint density at radius 1 is 0.818 bits per heavy atom. The quantitative estimate of drug-likeness (QED) is 0.184. The lowest BCUT2D eigenvalue weighted by atomic mass is 10.0. The molecule has 1 rings (SSSR count). The average molecular weight is 472 g/mol. The van der Waals surface area contributed by atoms with Crippen LogP contribution in [-0.2, 0) is 9.53 Å². The molecule has 0 saturated carbocycles. The summed E-state index contributed by atoms with van der Waals surface area (Å²) in [5.74, 6) is -1.19. The van der Waals surface area contributed by atoms with Crippen molar-refractivity contribution in [3.8, 4) is 0 Å². The second-order valence-electron chi connectivity index (χ2n) is 9.87. The third-order valence-electron chi connectivity index (χ3n) is 6.61. The molecule has 0 aromatic carbocycles. The molecule has 1 heterocycles. The molecule has 33 heavy (non-hydrogen) atoms. The zero-order valence-electron chi connectivity index (χ0n) is 22.4. The van der Waals surface area contributed by atoms with Gasteiger partial charge in [-0.3, -0.25) is 4.90 Å². The molecule has 2 unspecified atom stereocenters. The number of carboxylic acid groups (broad SMARTS) is 1. The van der Waals surface area contributed by atoms with Crippen LogP contribution in [0.15, 0.2) is 0 Å². The number of aliphatic hydroxyl groups excluding tert-OH is 1. The van der Waals surface area contributed by atoms with Crippen LogP contribution in [0.4, 0.5) is 0 Å². The van der Waals surface area contributed by atoms with Crippen molar-refractivity contribution in [2.45, 2.75) is 148 Å². The third kappa shape index (κ3) is 21.6. The lowest BCUT2D eigenvalue weighted by Crippen LogP contribution is -2.45. The molecule has 0 spiro atoms. The van der Waals surface area contributed by atoms with Crippen molar-refractivity contribution in [1.82, 2.24) is 4.90 Å². The number of hydrogen-bond acceptors (Lipinski definition) is 4. The molecule has 2 N–H and O–H groups in total. The molecule has 2 atom stereocenters. The molecule has 1 saturated heterocycles. The van der Waals surface area contributed by atoms with Gasteiger partial charge in [0.2, 0.25) is 0 Å². The van der Waals surface area contributed by atoms with Crippen LogP contribution in [0.2, 0.25) is 0 Å². The minimum absolute atomic E-state index is 0.699. The van der Waals surface area contributed by atoms with Crippen LogP contribution in [0.3, 0.4) is 0 Å². The number of nitrogens with zero attached hydrogens (tertiary/aromatic N) is 1. The number of ether oxygens (including phenoxy) is 1. The fourth-order valence-electron chi connectivity index (χ4n) is 4.46. The van der Waals surface area contributed by atoms with Crippen LogP contribution in [0.25, 0.3) is 0 Å². The molecule has 0 amide bonds. The number of morpholine rings is 1. The highest BCUT2D eigenvalue weighted by Crippen LogP contribution is 2.17. The van der Waals surface area contributed by atoms with Crippen LogP contribution < -0.4 is 0 Å². The third-order valence-corrected chi connectivity index (χ3v) is 6.61. The van der Waals surface area contributed by atoms with Gasteiger partial charge in [-0.2, -0.15) is 0 Å². The summed E-state index contributed by atoms with van der Waals surface area (Å²) in [5, 5.41) is 15.8. The van der Waals surface area contributed by atoms with E-state index >= 15 is 0 Å². The molecule has 0 aromatic rings. The Kier molecular flexibility index (Phi) is 24.0. The van der Waals surface area contributed by atoms with Gasteiger partial charge in [0.15, 0.2) is 0 Å². The van der Waals surface area contributed by atoms with Gasteiger partial charge >= 0.3 is 5.97 Å². The van der Waals surface area contributed by atoms with Crippen molar-refractivity contribution in [3.63, 3.8) is 0 Å². The molecule has 0 bridgehead atoms. The van der Waals surface area contributed by atoms with Gasteiger partial charge < -0.3 is 14.9 Å². The smallest absolute Gasteiger partial charge is 0.332 e. The number of carbonyl (C=O) groups is 1. The zero-order valence-corrected chi connectivity index (χ0v) is 22.4. The molecule has 1 fully saturated rings. The first-order chi connectivity index (χ1) is 16.0. The molecular formula is C28H57NO4. The Bertz CT molecular complexity index is 415. The second-order valence-corrected chi connectivity index (χ2v) is 9.87. The highest BCUT2D eigenvalue weighted by Gasteiger charge is 2.21. The second kappa shape index (κ2) is 24.5. The van der Waals surface area contributed by atoms with Crippen LogP contribution in [-0.4, -0.2) is 59.5 Å². The van der Waals surface area contributed by atoms with E-state index in [1.807, 2.05) is 0 Å². The minimum atomic E-state index is -1.23. The maximum Gasteiger partial charge on any atom is 0.332 e. The summed E-state index contributed by atoms with van der Waals surface area (Å²) < 4.78 is 5.70. The predicted octanol–water partition coefficient (Wildman–Crippen LogP) is 7.20. The Hall–Kier alpha value is -0.650. The van der Waals surface area contributed by atoms with Gasteiger partial charge in [0.1, 0.15) is 6.10 Å². The molecule has 5 heteroatoms. The molecule has 198 valence electrons. The highest BCUT2D eigenvalue weighted by molar-refractivity contribution is 5.71. The molecular weight excluding hydrogens is 414 g/mol. The Morgan fingerprint density at radius 3 is 1.64 bits per heavy atom. The number of unbranched alkanes of at least 4 members (excludes halogenated alkanes) is 15. The zero-order chi connectivity index (χ0) is 24.6. The summed E-state index contributed by atoms with van der Waals surface area (Å²) in [7, 11) is 0. The van der Waals surface area contributed by atoms with Crippen molar-refractivity contribution in [2.24, 2.45) is 0 Å². The van der Waals surface area contributed by atoms with Crippen LogP contribution in [0, 0.1) is 0 Å². The lowest BCUT2D eigenvalue weighted by Gasteiger charge is -2.35. The first kappa shape index (κ1) is 32.4. The van der Waals surface area contributed by atoms with Crippen molar-refractivity contribution in [1.29, 1.82) is 0 Å². The molecule has 1 aliphatic heterocycles. The van der Waals surface area contributed by atoms with E-state index in [-0.39, 0.29) is 0 Å². The van der Waals surface area contributed by atoms with E-state index in [0.29, 0.717) is 6.04 Å². The number of hydrogen-bond donors (Lipinski definition) is 2. The molecule has 5 nitrogen and oxygen atoms in total. The first-order valence-electron chi connectivity index (χ1n) is 14.3. The van der Waals surface area contributed by atoms with Crippen LogP contribution in [0.1, 0.15) is 136 Å². The van der Waals surface area contributed by atoms with Gasteiger partial charge in [0.25, 0.3) is 0 Å². The number of rotatable bonds is 20. The molecule has 0 aliphatic carbocycles. The first-order valence-corrected chi connectivity index (χ1v) is 14.3. The Balaban J connectivity index is 0.00000150. The summed E-state index contributed by atoms with van der Waals surface area (Å²) in [5.41, 5.74) is 0. The van der Waals surface area contributed by atoms with Crippen LogP contribution in [0.5, 0.6) is 0 Å². The van der Waals surface area contributed by atoms with E-state index in [1.54, 1.807) is 0 Å². The van der Waals surface area contributed by atoms with Gasteiger partial charge in [0, 0.05) is 12.6 Å².